The lowest BCUT2D eigenvalue weighted by Gasteiger charge is -2.29. The lowest BCUT2D eigenvalue weighted by Crippen LogP contribution is -2.45. The van der Waals surface area contributed by atoms with Crippen molar-refractivity contribution in [3.8, 4) is 0 Å². The molecule has 0 fully saturated rings. The average Bonchev–Trinajstić information content (AvgIpc) is 2.50. The lowest BCUT2D eigenvalue weighted by atomic mass is 9.88. The fourth-order valence-electron chi connectivity index (χ4n) is 1.98. The highest BCUT2D eigenvalue weighted by molar-refractivity contribution is 7.85. The van der Waals surface area contributed by atoms with Crippen LogP contribution in [0.1, 0.15) is 44.5 Å². The topological polar surface area (TPSA) is 66.4 Å². The molecule has 2 N–H and O–H groups in total. The van der Waals surface area contributed by atoms with Crippen molar-refractivity contribution >= 4 is 16.7 Å². The summed E-state index contributed by atoms with van der Waals surface area (Å²) in [4.78, 5) is 12.8. The summed E-state index contributed by atoms with van der Waals surface area (Å²) in [5.74, 6) is 0.253. The van der Waals surface area contributed by atoms with Gasteiger partial charge in [0, 0.05) is 12.3 Å². The number of carbonyl (C=O) groups excluding carboxylic acids is 1. The average molecular weight is 311 g/mol. The molecule has 0 spiro atoms. The fourth-order valence-corrected chi connectivity index (χ4v) is 2.92. The number of amides is 1. The molecule has 1 rings (SSSR count). The van der Waals surface area contributed by atoms with Crippen LogP contribution in [0.15, 0.2) is 29.2 Å². The molecule has 0 aliphatic rings. The van der Waals surface area contributed by atoms with E-state index >= 15 is 0 Å². The Kier molecular flexibility index (Phi) is 6.55. The Bertz CT molecular complexity index is 514. The highest BCUT2D eigenvalue weighted by Gasteiger charge is 2.28. The number of nitrogens with one attached hydrogen (secondary N) is 1. The van der Waals surface area contributed by atoms with Crippen LogP contribution >= 0.6 is 0 Å². The van der Waals surface area contributed by atoms with Gasteiger partial charge in [0.15, 0.2) is 0 Å². The van der Waals surface area contributed by atoms with Crippen LogP contribution in [0.5, 0.6) is 0 Å². The second-order valence-electron chi connectivity index (χ2n) is 5.48. The van der Waals surface area contributed by atoms with E-state index in [1.54, 1.807) is 31.2 Å². The number of rotatable bonds is 7. The molecule has 4 nitrogen and oxygen atoms in total. The normalized spacial score (nSPS) is 16.8. The summed E-state index contributed by atoms with van der Waals surface area (Å²) in [6.07, 6.45) is 0.833. The third kappa shape index (κ3) is 4.64. The number of aliphatic hydroxyl groups is 1. The fraction of sp³-hybridized carbons (Fsp3) is 0.562. The SMILES string of the molecule is CCC(C)C(C)(O)CNC(=O)c1ccccc1S(=O)CC. The Hall–Kier alpha value is -1.20. The summed E-state index contributed by atoms with van der Waals surface area (Å²) in [5, 5.41) is 13.1. The molecule has 0 radical (unpaired) electrons. The minimum atomic E-state index is -1.18. The molecule has 3 unspecified atom stereocenters. The van der Waals surface area contributed by atoms with E-state index in [1.165, 1.54) is 0 Å². The third-order valence-electron chi connectivity index (χ3n) is 3.92. The van der Waals surface area contributed by atoms with Crippen LogP contribution in [0.2, 0.25) is 0 Å². The molecule has 1 aromatic carbocycles. The predicted molar refractivity (Wildman–Crippen MR) is 85.8 cm³/mol. The summed E-state index contributed by atoms with van der Waals surface area (Å²) >= 11 is 0. The Morgan fingerprint density at radius 1 is 1.38 bits per heavy atom. The van der Waals surface area contributed by atoms with Crippen molar-refractivity contribution in [3.63, 3.8) is 0 Å². The second kappa shape index (κ2) is 7.71. The maximum Gasteiger partial charge on any atom is 0.252 e. The first kappa shape index (κ1) is 17.9. The first-order valence-corrected chi connectivity index (χ1v) is 8.63. The van der Waals surface area contributed by atoms with Crippen molar-refractivity contribution in [1.82, 2.24) is 5.32 Å². The maximum absolute atomic E-state index is 12.3. The van der Waals surface area contributed by atoms with Gasteiger partial charge in [-0.25, -0.2) is 0 Å². The van der Waals surface area contributed by atoms with Crippen LogP contribution in [0.25, 0.3) is 0 Å². The quantitative estimate of drug-likeness (QED) is 0.812. The van der Waals surface area contributed by atoms with E-state index in [9.17, 15) is 14.1 Å². The van der Waals surface area contributed by atoms with Gasteiger partial charge in [-0.05, 0) is 25.0 Å². The zero-order valence-electron chi connectivity index (χ0n) is 13.2. The number of hydrogen-bond donors (Lipinski definition) is 2. The molecule has 0 saturated heterocycles. The Morgan fingerprint density at radius 2 is 2.00 bits per heavy atom. The largest absolute Gasteiger partial charge is 0.388 e. The van der Waals surface area contributed by atoms with Crippen LogP contribution < -0.4 is 5.32 Å². The number of hydrogen-bond acceptors (Lipinski definition) is 3. The molecule has 0 bridgehead atoms. The van der Waals surface area contributed by atoms with Gasteiger partial charge in [-0.3, -0.25) is 9.00 Å². The summed E-state index contributed by atoms with van der Waals surface area (Å²) in [6.45, 7) is 7.66. The standard InChI is InChI=1S/C16H25NO3S/c1-5-12(3)16(4,19)11-17-15(18)13-9-7-8-10-14(13)21(20)6-2/h7-10,12,19H,5-6,11H2,1-4H3,(H,17,18). The van der Waals surface area contributed by atoms with Gasteiger partial charge in [-0.2, -0.15) is 0 Å². The number of carbonyl (C=O) groups is 1. The highest BCUT2D eigenvalue weighted by Crippen LogP contribution is 2.19. The Morgan fingerprint density at radius 3 is 2.57 bits per heavy atom. The van der Waals surface area contributed by atoms with E-state index in [0.717, 1.165) is 6.42 Å². The van der Waals surface area contributed by atoms with E-state index in [-0.39, 0.29) is 18.4 Å². The third-order valence-corrected chi connectivity index (χ3v) is 5.29. The van der Waals surface area contributed by atoms with E-state index < -0.39 is 16.4 Å². The van der Waals surface area contributed by atoms with Gasteiger partial charge >= 0.3 is 0 Å². The molecular formula is C16H25NO3S. The molecule has 1 aromatic rings. The second-order valence-corrected chi connectivity index (χ2v) is 7.19. The summed E-state index contributed by atoms with van der Waals surface area (Å²) in [5.41, 5.74) is -0.541. The lowest BCUT2D eigenvalue weighted by molar-refractivity contribution is 0.00590. The van der Waals surface area contributed by atoms with Crippen LogP contribution in [0, 0.1) is 5.92 Å². The predicted octanol–water partition coefficient (Wildman–Crippen LogP) is 2.34. The van der Waals surface area contributed by atoms with Gasteiger partial charge in [-0.15, -0.1) is 0 Å². The van der Waals surface area contributed by atoms with Crippen molar-refractivity contribution in [2.45, 2.75) is 44.6 Å². The minimum absolute atomic E-state index is 0.0813. The maximum atomic E-state index is 12.3. The number of benzene rings is 1. The van der Waals surface area contributed by atoms with E-state index in [2.05, 4.69) is 5.32 Å². The van der Waals surface area contributed by atoms with Crippen molar-refractivity contribution in [2.24, 2.45) is 5.92 Å². The molecule has 0 aliphatic carbocycles. The molecule has 0 aromatic heterocycles. The molecule has 3 atom stereocenters. The van der Waals surface area contributed by atoms with Crippen LogP contribution in [0.3, 0.4) is 0 Å². The van der Waals surface area contributed by atoms with Crippen LogP contribution in [-0.2, 0) is 10.8 Å². The summed E-state index contributed by atoms with van der Waals surface area (Å²) < 4.78 is 12.0. The zero-order valence-corrected chi connectivity index (χ0v) is 14.0. The van der Waals surface area contributed by atoms with E-state index in [0.29, 0.717) is 16.2 Å². The van der Waals surface area contributed by atoms with Crippen molar-refractivity contribution in [3.05, 3.63) is 29.8 Å². The van der Waals surface area contributed by atoms with E-state index in [1.807, 2.05) is 20.8 Å². The zero-order chi connectivity index (χ0) is 16.0. The van der Waals surface area contributed by atoms with Crippen molar-refractivity contribution in [2.75, 3.05) is 12.3 Å². The molecule has 5 heteroatoms. The van der Waals surface area contributed by atoms with Crippen molar-refractivity contribution in [1.29, 1.82) is 0 Å². The first-order chi connectivity index (χ1) is 9.83. The van der Waals surface area contributed by atoms with E-state index in [4.69, 9.17) is 0 Å². The summed E-state index contributed by atoms with van der Waals surface area (Å²) in [7, 11) is -1.18. The Balaban J connectivity index is 2.84. The molecule has 1 amide bonds. The van der Waals surface area contributed by atoms with Crippen LogP contribution in [-0.4, -0.2) is 33.1 Å². The van der Waals surface area contributed by atoms with Gasteiger partial charge in [0.2, 0.25) is 0 Å². The van der Waals surface area contributed by atoms with Gasteiger partial charge in [0.25, 0.3) is 5.91 Å². The van der Waals surface area contributed by atoms with Gasteiger partial charge in [0.05, 0.1) is 26.9 Å². The minimum Gasteiger partial charge on any atom is -0.388 e. The van der Waals surface area contributed by atoms with Gasteiger partial charge in [-0.1, -0.05) is 39.3 Å². The van der Waals surface area contributed by atoms with Gasteiger partial charge < -0.3 is 10.4 Å². The first-order valence-electron chi connectivity index (χ1n) is 7.31. The summed E-state index contributed by atoms with van der Waals surface area (Å²) in [6, 6.07) is 6.89. The van der Waals surface area contributed by atoms with Crippen molar-refractivity contribution < 1.29 is 14.1 Å². The van der Waals surface area contributed by atoms with Gasteiger partial charge in [0.1, 0.15) is 0 Å². The molecule has 118 valence electrons. The van der Waals surface area contributed by atoms with Crippen LogP contribution in [0.4, 0.5) is 0 Å². The molecule has 0 saturated carbocycles. The molecule has 0 aliphatic heterocycles. The smallest absolute Gasteiger partial charge is 0.252 e. The monoisotopic (exact) mass is 311 g/mol. The Labute approximate surface area is 129 Å². The molecule has 21 heavy (non-hydrogen) atoms. The highest BCUT2D eigenvalue weighted by atomic mass is 32.2. The molecular weight excluding hydrogens is 286 g/mol. The molecule has 0 heterocycles.